The lowest BCUT2D eigenvalue weighted by Gasteiger charge is -2.23. The van der Waals surface area contributed by atoms with E-state index in [9.17, 15) is 18.3 Å². The number of hydrogen-bond donors (Lipinski definition) is 2. The smallest absolute Gasteiger partial charge is 0.253 e. The largest absolute Gasteiger partial charge is 0.392 e. The number of nitrogens with one attached hydrogen (secondary N) is 1. The highest BCUT2D eigenvalue weighted by Crippen LogP contribution is 2.45. The molecule has 2 aliphatic rings. The zero-order valence-corrected chi connectivity index (χ0v) is 15.4. The van der Waals surface area contributed by atoms with Gasteiger partial charge in [-0.1, -0.05) is 12.8 Å². The molecule has 138 valence electrons. The summed E-state index contributed by atoms with van der Waals surface area (Å²) in [6, 6.07) is 6.02. The van der Waals surface area contributed by atoms with Crippen LogP contribution >= 0.6 is 0 Å². The van der Waals surface area contributed by atoms with Crippen LogP contribution in [-0.4, -0.2) is 50.1 Å². The first-order chi connectivity index (χ1) is 11.8. The SMILES string of the molecule is C[C@@H](O)CNS(=O)(=O)c1ccc(C(=O)N2CCC3(CCCC3)C2)cc1. The number of carbonyl (C=O) groups excluding carboxylic acids is 1. The van der Waals surface area contributed by atoms with Crippen LogP contribution < -0.4 is 4.72 Å². The Labute approximate surface area is 149 Å². The van der Waals surface area contributed by atoms with Crippen LogP contribution in [-0.2, 0) is 10.0 Å². The lowest BCUT2D eigenvalue weighted by atomic mass is 9.86. The van der Waals surface area contributed by atoms with Crippen molar-refractivity contribution in [2.24, 2.45) is 5.41 Å². The van der Waals surface area contributed by atoms with Gasteiger partial charge < -0.3 is 10.0 Å². The molecule has 1 atom stereocenters. The highest BCUT2D eigenvalue weighted by molar-refractivity contribution is 7.89. The van der Waals surface area contributed by atoms with Crippen LogP contribution in [0.5, 0.6) is 0 Å². The Kier molecular flexibility index (Phi) is 5.18. The van der Waals surface area contributed by atoms with E-state index in [-0.39, 0.29) is 17.3 Å². The molecule has 2 N–H and O–H groups in total. The second kappa shape index (κ2) is 7.05. The van der Waals surface area contributed by atoms with Crippen molar-refractivity contribution in [1.29, 1.82) is 0 Å². The Hall–Kier alpha value is -1.44. The van der Waals surface area contributed by atoms with Crippen molar-refractivity contribution >= 4 is 15.9 Å². The van der Waals surface area contributed by atoms with E-state index in [4.69, 9.17) is 0 Å². The van der Waals surface area contributed by atoms with E-state index in [0.717, 1.165) is 19.5 Å². The Balaban J connectivity index is 1.67. The van der Waals surface area contributed by atoms with Crippen LogP contribution in [0, 0.1) is 5.41 Å². The average molecular weight is 366 g/mol. The molecule has 1 aliphatic heterocycles. The van der Waals surface area contributed by atoms with E-state index in [0.29, 0.717) is 11.0 Å². The Morgan fingerprint density at radius 2 is 1.88 bits per heavy atom. The number of aliphatic hydroxyl groups excluding tert-OH is 1. The molecule has 1 aliphatic carbocycles. The molecule has 1 spiro atoms. The van der Waals surface area contributed by atoms with Crippen molar-refractivity contribution in [2.75, 3.05) is 19.6 Å². The first-order valence-corrected chi connectivity index (χ1v) is 10.4. The summed E-state index contributed by atoms with van der Waals surface area (Å²) in [7, 11) is -3.67. The average Bonchev–Trinajstić information content (AvgIpc) is 3.23. The van der Waals surface area contributed by atoms with E-state index in [2.05, 4.69) is 4.72 Å². The van der Waals surface area contributed by atoms with Gasteiger partial charge in [-0.25, -0.2) is 13.1 Å². The van der Waals surface area contributed by atoms with E-state index in [1.807, 2.05) is 4.90 Å². The fourth-order valence-electron chi connectivity index (χ4n) is 3.91. The third-order valence-corrected chi connectivity index (χ3v) is 6.81. The number of likely N-dealkylation sites (tertiary alicyclic amines) is 1. The molecule has 1 amide bonds. The van der Waals surface area contributed by atoms with E-state index < -0.39 is 16.1 Å². The van der Waals surface area contributed by atoms with Gasteiger partial charge in [0.2, 0.25) is 10.0 Å². The van der Waals surface area contributed by atoms with Gasteiger partial charge in [0.05, 0.1) is 11.0 Å². The van der Waals surface area contributed by atoms with Crippen LogP contribution in [0.4, 0.5) is 0 Å². The Morgan fingerprint density at radius 3 is 2.48 bits per heavy atom. The van der Waals surface area contributed by atoms with Crippen molar-refractivity contribution in [3.8, 4) is 0 Å². The molecule has 0 aromatic heterocycles. The minimum absolute atomic E-state index is 0.0235. The summed E-state index contributed by atoms with van der Waals surface area (Å²) in [5, 5.41) is 9.21. The highest BCUT2D eigenvalue weighted by atomic mass is 32.2. The fourth-order valence-corrected chi connectivity index (χ4v) is 5.04. The summed E-state index contributed by atoms with van der Waals surface area (Å²) in [6.45, 7) is 3.08. The molecule has 25 heavy (non-hydrogen) atoms. The maximum absolute atomic E-state index is 12.7. The molecule has 3 rings (SSSR count). The zero-order valence-electron chi connectivity index (χ0n) is 14.6. The van der Waals surface area contributed by atoms with Crippen molar-refractivity contribution in [3.05, 3.63) is 29.8 Å². The summed E-state index contributed by atoms with van der Waals surface area (Å²) in [6.07, 6.45) is 5.26. The Morgan fingerprint density at radius 1 is 1.24 bits per heavy atom. The lowest BCUT2D eigenvalue weighted by Crippen LogP contribution is -2.32. The number of nitrogens with zero attached hydrogens (tertiary/aromatic N) is 1. The van der Waals surface area contributed by atoms with Crippen LogP contribution in [0.25, 0.3) is 0 Å². The number of hydrogen-bond acceptors (Lipinski definition) is 4. The molecule has 1 aromatic carbocycles. The second-order valence-electron chi connectivity index (χ2n) is 7.41. The molecule has 1 saturated carbocycles. The monoisotopic (exact) mass is 366 g/mol. The van der Waals surface area contributed by atoms with Crippen LogP contribution in [0.2, 0.25) is 0 Å². The second-order valence-corrected chi connectivity index (χ2v) is 9.18. The normalized spacial score (nSPS) is 21.0. The highest BCUT2D eigenvalue weighted by Gasteiger charge is 2.41. The molecule has 2 fully saturated rings. The van der Waals surface area contributed by atoms with Gasteiger partial charge in [0, 0.05) is 25.2 Å². The predicted octanol–water partition coefficient (Wildman–Crippen LogP) is 1.75. The van der Waals surface area contributed by atoms with Crippen molar-refractivity contribution in [3.63, 3.8) is 0 Å². The molecular weight excluding hydrogens is 340 g/mol. The van der Waals surface area contributed by atoms with Gasteiger partial charge in [0.25, 0.3) is 5.91 Å². The summed E-state index contributed by atoms with van der Waals surface area (Å²) in [5.74, 6) is -0.0235. The summed E-state index contributed by atoms with van der Waals surface area (Å²) >= 11 is 0. The molecule has 1 heterocycles. The van der Waals surface area contributed by atoms with Gasteiger partial charge in [-0.15, -0.1) is 0 Å². The van der Waals surface area contributed by atoms with E-state index in [1.54, 1.807) is 12.1 Å². The van der Waals surface area contributed by atoms with Crippen LogP contribution in [0.3, 0.4) is 0 Å². The van der Waals surface area contributed by atoms with Crippen molar-refractivity contribution in [1.82, 2.24) is 9.62 Å². The van der Waals surface area contributed by atoms with Gasteiger partial charge in [-0.3, -0.25) is 4.79 Å². The number of rotatable bonds is 5. The maximum atomic E-state index is 12.7. The number of amides is 1. The summed E-state index contributed by atoms with van der Waals surface area (Å²) < 4.78 is 26.6. The number of benzene rings is 1. The quantitative estimate of drug-likeness (QED) is 0.831. The zero-order chi connectivity index (χ0) is 18.1. The standard InChI is InChI=1S/C18H26N2O4S/c1-14(21)12-19-25(23,24)16-6-4-15(5-7-16)17(22)20-11-10-18(13-20)8-2-3-9-18/h4-7,14,19,21H,2-3,8-13H2,1H3/t14-/m1/s1. The Bertz CT molecular complexity index is 722. The molecule has 7 heteroatoms. The minimum atomic E-state index is -3.67. The molecule has 6 nitrogen and oxygen atoms in total. The van der Waals surface area contributed by atoms with Crippen LogP contribution in [0.1, 0.15) is 49.4 Å². The van der Waals surface area contributed by atoms with Gasteiger partial charge in [0.1, 0.15) is 0 Å². The third kappa shape index (κ3) is 4.04. The molecule has 0 unspecified atom stereocenters. The third-order valence-electron chi connectivity index (χ3n) is 5.37. The molecule has 1 saturated heterocycles. The summed E-state index contributed by atoms with van der Waals surface area (Å²) in [4.78, 5) is 14.7. The topological polar surface area (TPSA) is 86.7 Å². The number of aliphatic hydroxyl groups is 1. The van der Waals surface area contributed by atoms with Gasteiger partial charge in [-0.2, -0.15) is 0 Å². The lowest BCUT2D eigenvalue weighted by molar-refractivity contribution is 0.0773. The van der Waals surface area contributed by atoms with Gasteiger partial charge >= 0.3 is 0 Å². The first kappa shape index (κ1) is 18.4. The molecule has 0 bridgehead atoms. The fraction of sp³-hybridized carbons (Fsp3) is 0.611. The van der Waals surface area contributed by atoms with Crippen LogP contribution in [0.15, 0.2) is 29.2 Å². The predicted molar refractivity (Wildman–Crippen MR) is 94.7 cm³/mol. The number of carbonyl (C=O) groups is 1. The molecule has 0 radical (unpaired) electrons. The van der Waals surface area contributed by atoms with Gasteiger partial charge in [0.15, 0.2) is 0 Å². The first-order valence-electron chi connectivity index (χ1n) is 8.88. The summed E-state index contributed by atoms with van der Waals surface area (Å²) in [5.41, 5.74) is 0.841. The number of sulfonamides is 1. The molecule has 1 aromatic rings. The maximum Gasteiger partial charge on any atom is 0.253 e. The van der Waals surface area contributed by atoms with Crippen molar-refractivity contribution in [2.45, 2.75) is 50.0 Å². The van der Waals surface area contributed by atoms with Gasteiger partial charge in [-0.05, 0) is 55.9 Å². The van der Waals surface area contributed by atoms with E-state index >= 15 is 0 Å². The van der Waals surface area contributed by atoms with E-state index in [1.165, 1.54) is 44.7 Å². The molecular formula is C18H26N2O4S. The minimum Gasteiger partial charge on any atom is -0.392 e. The van der Waals surface area contributed by atoms with Crippen molar-refractivity contribution < 1.29 is 18.3 Å².